The zero-order valence-corrected chi connectivity index (χ0v) is 16.0. The van der Waals surface area contributed by atoms with Gasteiger partial charge in [0.05, 0.1) is 11.4 Å². The molecule has 1 aromatic carbocycles. The molecule has 25 heavy (non-hydrogen) atoms. The molecule has 2 N–H and O–H groups in total. The zero-order valence-electron chi connectivity index (χ0n) is 16.0. The zero-order chi connectivity index (χ0) is 19.0. The molecule has 6 heteroatoms. The Balaban J connectivity index is 3.41. The molecular weight excluding hydrogens is 318 g/mol. The second-order valence-electron chi connectivity index (χ2n) is 6.77. The number of nitrogens with zero attached hydrogens (tertiary/aromatic N) is 1. The van der Waals surface area contributed by atoms with Crippen LogP contribution >= 0.6 is 0 Å². The molecule has 1 rings (SSSR count). The van der Waals surface area contributed by atoms with Crippen LogP contribution in [0.5, 0.6) is 0 Å². The molecule has 0 unspecified atom stereocenters. The standard InChI is InChI=1S/C19H29N3O3/c1-7-8-16(22(13-23)18(24)25-19(3,4)5)17(21-20-6)15-11-9-14(2)10-12-15/h9-13,20-21H,7-8H2,1-6H3/b17-16+. The van der Waals surface area contributed by atoms with Crippen molar-refractivity contribution in [2.75, 3.05) is 7.05 Å². The first-order valence-corrected chi connectivity index (χ1v) is 8.44. The van der Waals surface area contributed by atoms with Gasteiger partial charge in [-0.1, -0.05) is 43.2 Å². The van der Waals surface area contributed by atoms with Crippen LogP contribution in [-0.2, 0) is 9.53 Å². The molecule has 2 amide bonds. The first-order valence-electron chi connectivity index (χ1n) is 8.44. The fraction of sp³-hybridized carbons (Fsp3) is 0.474. The van der Waals surface area contributed by atoms with Gasteiger partial charge in [-0.2, -0.15) is 0 Å². The van der Waals surface area contributed by atoms with E-state index in [1.54, 1.807) is 27.8 Å². The minimum atomic E-state index is -0.687. The van der Waals surface area contributed by atoms with Crippen LogP contribution in [-0.4, -0.2) is 30.1 Å². The predicted octanol–water partition coefficient (Wildman–Crippen LogP) is 3.58. The van der Waals surface area contributed by atoms with Gasteiger partial charge in [-0.25, -0.2) is 15.1 Å². The molecular formula is C19H29N3O3. The lowest BCUT2D eigenvalue weighted by atomic mass is 10.1. The van der Waals surface area contributed by atoms with Crippen LogP contribution in [0, 0.1) is 6.92 Å². The first kappa shape index (κ1) is 20.7. The molecule has 0 spiro atoms. The third kappa shape index (κ3) is 6.23. The first-order chi connectivity index (χ1) is 11.7. The summed E-state index contributed by atoms with van der Waals surface area (Å²) in [4.78, 5) is 25.2. The van der Waals surface area contributed by atoms with Crippen LogP contribution in [0.4, 0.5) is 4.79 Å². The fourth-order valence-electron chi connectivity index (χ4n) is 2.29. The van der Waals surface area contributed by atoms with Crippen LogP contribution < -0.4 is 10.9 Å². The van der Waals surface area contributed by atoms with Crippen molar-refractivity contribution >= 4 is 18.2 Å². The Morgan fingerprint density at radius 2 is 1.84 bits per heavy atom. The van der Waals surface area contributed by atoms with Gasteiger partial charge in [-0.15, -0.1) is 0 Å². The van der Waals surface area contributed by atoms with Gasteiger partial charge in [0.2, 0.25) is 6.41 Å². The summed E-state index contributed by atoms with van der Waals surface area (Å²) in [6, 6.07) is 7.86. The van der Waals surface area contributed by atoms with E-state index in [0.717, 1.165) is 22.4 Å². The number of benzene rings is 1. The smallest absolute Gasteiger partial charge is 0.421 e. The minimum absolute atomic E-state index is 0.505. The van der Waals surface area contributed by atoms with Gasteiger partial charge in [-0.05, 0) is 34.1 Å². The second-order valence-corrected chi connectivity index (χ2v) is 6.77. The molecule has 138 valence electrons. The van der Waals surface area contributed by atoms with E-state index in [-0.39, 0.29) is 0 Å². The molecule has 0 aliphatic carbocycles. The van der Waals surface area contributed by atoms with E-state index in [4.69, 9.17) is 4.74 Å². The Morgan fingerprint density at radius 3 is 2.28 bits per heavy atom. The number of ether oxygens (including phenoxy) is 1. The lowest BCUT2D eigenvalue weighted by molar-refractivity contribution is -0.116. The van der Waals surface area contributed by atoms with E-state index >= 15 is 0 Å². The normalized spacial score (nSPS) is 12.2. The fourth-order valence-corrected chi connectivity index (χ4v) is 2.29. The van der Waals surface area contributed by atoms with Crippen molar-refractivity contribution in [2.24, 2.45) is 0 Å². The number of aryl methyl sites for hydroxylation is 1. The Morgan fingerprint density at radius 1 is 1.24 bits per heavy atom. The number of carbonyl (C=O) groups is 2. The van der Waals surface area contributed by atoms with Crippen LogP contribution in [0.1, 0.15) is 51.7 Å². The summed E-state index contributed by atoms with van der Waals surface area (Å²) < 4.78 is 5.37. The van der Waals surface area contributed by atoms with Crippen LogP contribution in [0.25, 0.3) is 5.70 Å². The summed E-state index contributed by atoms with van der Waals surface area (Å²) in [5, 5.41) is 0. The van der Waals surface area contributed by atoms with E-state index < -0.39 is 11.7 Å². The quantitative estimate of drug-likeness (QED) is 0.583. The van der Waals surface area contributed by atoms with E-state index in [1.165, 1.54) is 0 Å². The third-order valence-corrected chi connectivity index (χ3v) is 3.35. The van der Waals surface area contributed by atoms with Crippen molar-refractivity contribution in [2.45, 2.75) is 53.1 Å². The molecule has 0 aliphatic heterocycles. The number of hydrazine groups is 1. The number of nitrogens with one attached hydrogen (secondary N) is 2. The molecule has 6 nitrogen and oxygen atoms in total. The Labute approximate surface area is 150 Å². The molecule has 0 fully saturated rings. The maximum absolute atomic E-state index is 12.5. The summed E-state index contributed by atoms with van der Waals surface area (Å²) in [6.07, 6.45) is 1.12. The topological polar surface area (TPSA) is 70.7 Å². The maximum Gasteiger partial charge on any atom is 0.421 e. The summed E-state index contributed by atoms with van der Waals surface area (Å²) in [6.45, 7) is 9.30. The lowest BCUT2D eigenvalue weighted by Gasteiger charge is -2.27. The van der Waals surface area contributed by atoms with Crippen LogP contribution in [0.3, 0.4) is 0 Å². The molecule has 0 saturated heterocycles. The van der Waals surface area contributed by atoms with E-state index in [1.807, 2.05) is 38.1 Å². The summed E-state index contributed by atoms with van der Waals surface area (Å²) >= 11 is 0. The average Bonchev–Trinajstić information content (AvgIpc) is 2.52. The molecule has 0 atom stereocenters. The largest absolute Gasteiger partial charge is 0.443 e. The van der Waals surface area contributed by atoms with Gasteiger partial charge in [0.25, 0.3) is 0 Å². The highest BCUT2D eigenvalue weighted by Gasteiger charge is 2.26. The van der Waals surface area contributed by atoms with Gasteiger partial charge in [0.15, 0.2) is 0 Å². The number of imide groups is 1. The number of hydrogen-bond donors (Lipinski definition) is 2. The van der Waals surface area contributed by atoms with Crippen LogP contribution in [0.2, 0.25) is 0 Å². The Bertz CT molecular complexity index is 616. The Hall–Kier alpha value is -2.34. The van der Waals surface area contributed by atoms with Gasteiger partial charge in [0, 0.05) is 12.6 Å². The highest BCUT2D eigenvalue weighted by Crippen LogP contribution is 2.24. The molecule has 0 radical (unpaired) electrons. The van der Waals surface area contributed by atoms with Gasteiger partial charge < -0.3 is 10.2 Å². The van der Waals surface area contributed by atoms with E-state index in [9.17, 15) is 9.59 Å². The molecule has 0 saturated carbocycles. The monoisotopic (exact) mass is 347 g/mol. The van der Waals surface area contributed by atoms with Crippen molar-refractivity contribution in [3.8, 4) is 0 Å². The third-order valence-electron chi connectivity index (χ3n) is 3.35. The number of rotatable bonds is 7. The second kappa shape index (κ2) is 9.22. The molecule has 0 aliphatic rings. The van der Waals surface area contributed by atoms with E-state index in [0.29, 0.717) is 24.2 Å². The maximum atomic E-state index is 12.5. The highest BCUT2D eigenvalue weighted by atomic mass is 16.6. The van der Waals surface area contributed by atoms with Crippen molar-refractivity contribution in [3.63, 3.8) is 0 Å². The van der Waals surface area contributed by atoms with Crippen LogP contribution in [0.15, 0.2) is 30.0 Å². The SMILES string of the molecule is CCC/C(=C(\NNC)c1ccc(C)cc1)N(C=O)C(=O)OC(C)(C)C. The van der Waals surface area contributed by atoms with Crippen molar-refractivity contribution in [1.82, 2.24) is 15.8 Å². The molecule has 0 aromatic heterocycles. The Kier molecular flexibility index (Phi) is 7.64. The molecule has 1 aromatic rings. The average molecular weight is 347 g/mol. The van der Waals surface area contributed by atoms with Crippen molar-refractivity contribution in [3.05, 3.63) is 41.1 Å². The summed E-state index contributed by atoms with van der Waals surface area (Å²) in [7, 11) is 1.73. The number of carbonyl (C=O) groups excluding carboxylic acids is 2. The van der Waals surface area contributed by atoms with Gasteiger partial charge in [-0.3, -0.25) is 4.79 Å². The van der Waals surface area contributed by atoms with Gasteiger partial charge >= 0.3 is 6.09 Å². The number of hydrogen-bond acceptors (Lipinski definition) is 5. The lowest BCUT2D eigenvalue weighted by Crippen LogP contribution is -2.38. The van der Waals surface area contributed by atoms with E-state index in [2.05, 4.69) is 10.9 Å². The van der Waals surface area contributed by atoms with Crippen molar-refractivity contribution < 1.29 is 14.3 Å². The molecule has 0 heterocycles. The predicted molar refractivity (Wildman–Crippen MR) is 99.3 cm³/mol. The number of allylic oxidation sites excluding steroid dienone is 1. The summed E-state index contributed by atoms with van der Waals surface area (Å²) in [5.41, 5.74) is 8.49. The summed E-state index contributed by atoms with van der Waals surface area (Å²) in [5.74, 6) is 0. The van der Waals surface area contributed by atoms with Gasteiger partial charge in [0.1, 0.15) is 5.60 Å². The number of amides is 2. The highest BCUT2D eigenvalue weighted by molar-refractivity contribution is 5.86. The minimum Gasteiger partial charge on any atom is -0.443 e. The molecule has 0 bridgehead atoms. The van der Waals surface area contributed by atoms with Crippen molar-refractivity contribution in [1.29, 1.82) is 0 Å².